The third-order valence-electron chi connectivity index (χ3n) is 14.1. The van der Waals surface area contributed by atoms with Crippen LogP contribution in [-0.4, -0.2) is 127 Å². The zero-order valence-electron chi connectivity index (χ0n) is 47.1. The molecule has 81 heavy (non-hydrogen) atoms. The maximum absolute atomic E-state index is 14.9. The molecule has 2 aliphatic heterocycles. The van der Waals surface area contributed by atoms with E-state index in [2.05, 4.69) is 26.7 Å². The number of aryl methyl sites for hydroxylation is 2. The molecule has 0 bridgehead atoms. The first-order chi connectivity index (χ1) is 38.4. The highest BCUT2D eigenvalue weighted by Gasteiger charge is 2.34. The van der Waals surface area contributed by atoms with E-state index < -0.39 is 28.6 Å². The van der Waals surface area contributed by atoms with Crippen LogP contribution in [0.15, 0.2) is 95.3 Å². The molecule has 0 aliphatic carbocycles. The smallest absolute Gasteiger partial charge is 0.410 e. The Morgan fingerprint density at radius 3 is 1.46 bits per heavy atom. The molecule has 19 nitrogen and oxygen atoms in total. The van der Waals surface area contributed by atoms with Crippen LogP contribution in [0, 0.1) is 25.5 Å². The number of carbonyl (C=O) groups excluding carboxylic acids is 2. The Balaban J connectivity index is 0.000000196. The average Bonchev–Trinajstić information content (AvgIpc) is 3.37. The van der Waals surface area contributed by atoms with Crippen LogP contribution in [0.25, 0.3) is 56.2 Å². The molecule has 0 radical (unpaired) electrons. The Hall–Kier alpha value is -8.04. The molecular formula is C58H64Cl2F2N14O5. The lowest BCUT2D eigenvalue weighted by Crippen LogP contribution is -2.55. The van der Waals surface area contributed by atoms with Crippen molar-refractivity contribution in [3.8, 4) is 34.2 Å². The normalized spacial score (nSPS) is 15.9. The van der Waals surface area contributed by atoms with Gasteiger partial charge in [-0.15, -0.1) is 0 Å². The monoisotopic (exact) mass is 1140 g/mol. The average molecular weight is 1150 g/mol. The second kappa shape index (κ2) is 22.8. The van der Waals surface area contributed by atoms with E-state index in [0.29, 0.717) is 73.3 Å². The number of benzene rings is 2. The lowest BCUT2D eigenvalue weighted by molar-refractivity contribution is -0.126. The zero-order valence-corrected chi connectivity index (χ0v) is 48.6. The van der Waals surface area contributed by atoms with Gasteiger partial charge in [-0.05, 0) is 119 Å². The molecule has 8 aromatic rings. The van der Waals surface area contributed by atoms with Crippen LogP contribution in [-0.2, 0) is 9.53 Å². The van der Waals surface area contributed by atoms with Crippen molar-refractivity contribution >= 4 is 68.9 Å². The molecule has 8 heterocycles. The summed E-state index contributed by atoms with van der Waals surface area (Å²) in [6.45, 7) is 27.0. The largest absolute Gasteiger partial charge is 0.444 e. The minimum Gasteiger partial charge on any atom is -0.444 e. The number of anilines is 2. The Bertz CT molecular complexity index is 3890. The van der Waals surface area contributed by atoms with E-state index in [-0.39, 0.29) is 80.0 Å². The molecular weight excluding hydrogens is 1080 g/mol. The Morgan fingerprint density at radius 2 is 1.07 bits per heavy atom. The van der Waals surface area contributed by atoms with E-state index in [4.69, 9.17) is 37.9 Å². The number of hydrogen-bond acceptors (Lipinski definition) is 13. The summed E-state index contributed by atoms with van der Waals surface area (Å²) in [5.74, 6) is 0.752. The summed E-state index contributed by atoms with van der Waals surface area (Å²) in [6, 6.07) is 15.4. The van der Waals surface area contributed by atoms with Gasteiger partial charge in [0.05, 0.1) is 44.6 Å². The van der Waals surface area contributed by atoms with Crippen LogP contribution < -0.4 is 21.2 Å². The van der Waals surface area contributed by atoms with Crippen LogP contribution in [0.2, 0.25) is 10.0 Å². The van der Waals surface area contributed by atoms with Crippen LogP contribution in [0.3, 0.4) is 0 Å². The van der Waals surface area contributed by atoms with Gasteiger partial charge in [0, 0.05) is 85.7 Å². The molecule has 2 atom stereocenters. The lowest BCUT2D eigenvalue weighted by Gasteiger charge is -2.41. The minimum absolute atomic E-state index is 0.0517. The van der Waals surface area contributed by atoms with Crippen molar-refractivity contribution < 1.29 is 23.1 Å². The second-order valence-corrected chi connectivity index (χ2v) is 22.6. The molecule has 0 spiro atoms. The third kappa shape index (κ3) is 11.2. The number of pyridine rings is 2. The summed E-state index contributed by atoms with van der Waals surface area (Å²) in [4.78, 5) is 78.7. The maximum Gasteiger partial charge on any atom is 0.410 e. The molecule has 6 aromatic heterocycles. The minimum atomic E-state index is -0.612. The van der Waals surface area contributed by atoms with Gasteiger partial charge in [-0.3, -0.25) is 4.79 Å². The van der Waals surface area contributed by atoms with Crippen molar-refractivity contribution in [2.75, 3.05) is 49.1 Å². The van der Waals surface area contributed by atoms with Gasteiger partial charge in [-0.2, -0.15) is 20.2 Å². The van der Waals surface area contributed by atoms with Gasteiger partial charge in [0.1, 0.15) is 40.5 Å². The highest BCUT2D eigenvalue weighted by molar-refractivity contribution is 6.34. The summed E-state index contributed by atoms with van der Waals surface area (Å²) in [7, 11) is 0. The fraction of sp³-hybridized carbons (Fsp3) is 0.379. The molecule has 10 rings (SSSR count). The fourth-order valence-corrected chi connectivity index (χ4v) is 10.8. The highest BCUT2D eigenvalue weighted by Crippen LogP contribution is 2.38. The Labute approximate surface area is 477 Å². The van der Waals surface area contributed by atoms with Gasteiger partial charge in [0.2, 0.25) is 5.91 Å². The van der Waals surface area contributed by atoms with E-state index >= 15 is 0 Å². The van der Waals surface area contributed by atoms with Gasteiger partial charge >= 0.3 is 17.5 Å². The topological polar surface area (TPSA) is 188 Å². The van der Waals surface area contributed by atoms with E-state index in [1.807, 2.05) is 86.0 Å². The number of rotatable bonds is 9. The number of amides is 2. The number of ether oxygens (including phenoxy) is 1. The summed E-state index contributed by atoms with van der Waals surface area (Å²) >= 11 is 13.5. The maximum atomic E-state index is 14.9. The summed E-state index contributed by atoms with van der Waals surface area (Å²) in [5.41, 5.74) is 1.23. The van der Waals surface area contributed by atoms with Gasteiger partial charge in [-0.1, -0.05) is 54.0 Å². The first kappa shape index (κ1) is 57.6. The number of fused-ring (bicyclic) bond motifs is 2. The molecule has 0 unspecified atom stereocenters. The van der Waals surface area contributed by atoms with Crippen molar-refractivity contribution in [2.24, 2.45) is 0 Å². The zero-order chi connectivity index (χ0) is 58.5. The Morgan fingerprint density at radius 1 is 0.667 bits per heavy atom. The molecule has 2 fully saturated rings. The molecule has 2 amide bonds. The molecule has 23 heteroatoms. The fourth-order valence-electron chi connectivity index (χ4n) is 10.3. The first-order valence-electron chi connectivity index (χ1n) is 26.7. The first-order valence-corrected chi connectivity index (χ1v) is 27.4. The number of hydrogen-bond donors (Lipinski definition) is 0. The predicted molar refractivity (Wildman–Crippen MR) is 311 cm³/mol. The predicted octanol–water partition coefficient (Wildman–Crippen LogP) is 10.3. The number of piperazine rings is 2. The van der Waals surface area contributed by atoms with Crippen LogP contribution in [0.4, 0.5) is 25.2 Å². The van der Waals surface area contributed by atoms with Crippen molar-refractivity contribution in [3.05, 3.63) is 139 Å². The number of nitrogens with zero attached hydrogens (tertiary/aromatic N) is 14. The molecule has 424 valence electrons. The quantitative estimate of drug-likeness (QED) is 0.124. The number of halogens is 4. The van der Waals surface area contributed by atoms with Crippen LogP contribution in [0.5, 0.6) is 0 Å². The van der Waals surface area contributed by atoms with Crippen molar-refractivity contribution in [2.45, 2.75) is 106 Å². The van der Waals surface area contributed by atoms with E-state index in [0.717, 1.165) is 11.1 Å². The molecule has 0 N–H and O–H groups in total. The number of aromatic nitrogens is 10. The third-order valence-corrected chi connectivity index (χ3v) is 14.7. The van der Waals surface area contributed by atoms with Gasteiger partial charge in [0.15, 0.2) is 11.3 Å². The summed E-state index contributed by atoms with van der Waals surface area (Å²) in [5, 5.41) is 10.4. The summed E-state index contributed by atoms with van der Waals surface area (Å²) < 4.78 is 41.7. The lowest BCUT2D eigenvalue weighted by atomic mass is 10.1. The van der Waals surface area contributed by atoms with Gasteiger partial charge < -0.3 is 24.3 Å². The SMILES string of the molecule is C=CC(=O)N1CCN(c2nc(=O)n(-c3c(C)cnn3C(C)C)c3nc(-c4ccccc4F)c(Cl)cc23)[C@@H](C)C1.Cc1cnn(C(C)C)c1-n1c(=O)nc(N2CCN(C(=O)OC(C)(C)C)C[C@@H]2C)c2cc(Cl)c(-c3ccccc3F)nc21. The second-order valence-electron chi connectivity index (χ2n) is 21.8. The molecule has 2 saturated heterocycles. The van der Waals surface area contributed by atoms with E-state index in [1.165, 1.54) is 27.3 Å². The summed E-state index contributed by atoms with van der Waals surface area (Å²) in [6.07, 6.45) is 4.28. The van der Waals surface area contributed by atoms with Crippen LogP contribution in [0.1, 0.15) is 85.5 Å². The van der Waals surface area contributed by atoms with E-state index in [9.17, 15) is 28.0 Å². The highest BCUT2D eigenvalue weighted by atomic mass is 35.5. The van der Waals surface area contributed by atoms with Gasteiger partial charge in [0.25, 0.3) is 0 Å². The van der Waals surface area contributed by atoms with Crippen LogP contribution >= 0.6 is 23.2 Å². The van der Waals surface area contributed by atoms with Crippen molar-refractivity contribution in [1.29, 1.82) is 0 Å². The van der Waals surface area contributed by atoms with E-state index in [1.54, 1.807) is 80.1 Å². The van der Waals surface area contributed by atoms with Crippen molar-refractivity contribution in [3.63, 3.8) is 0 Å². The Kier molecular flexibility index (Phi) is 16.3. The van der Waals surface area contributed by atoms with Gasteiger partial charge in [-0.25, -0.2) is 51.6 Å². The molecule has 2 aliphatic rings. The molecule has 2 aromatic carbocycles. The molecule has 0 saturated carbocycles. The standard InChI is InChI=1S/C30H35ClFN7O3.C28H29ClFN7O2/c1-17(2)39-27(18(3)15-33-39)38-26-21(14-22(31)24(34-26)20-10-8-9-11-23(20)32)25(35-28(38)40)37-13-12-36(16-19(37)4)29(41)42-30(5,6)7;1-6-23(38)34-11-12-35(18(5)15-34)25-20-13-21(29)24(19-9-7-8-10-22(19)30)32-26(20)36(28(39)33-25)27-17(4)14-31-37(27)16(2)3/h8-11,14-15,17,19H,12-13,16H2,1-7H3;6-10,13-14,16,18H,1,11-12,15H2,2-5H3/t19-;18-/m00/s1. The van der Waals surface area contributed by atoms with Crippen molar-refractivity contribution in [1.82, 2.24) is 58.4 Å². The number of carbonyl (C=O) groups is 2.